The van der Waals surface area contributed by atoms with Crippen molar-refractivity contribution >= 4 is 17.2 Å². The van der Waals surface area contributed by atoms with Gasteiger partial charge in [0.1, 0.15) is 5.01 Å². The van der Waals surface area contributed by atoms with Gasteiger partial charge in [-0.2, -0.15) is 0 Å². The number of carbonyl (C=O) groups excluding carboxylic acids is 1. The van der Waals surface area contributed by atoms with Gasteiger partial charge in [-0.05, 0) is 26.3 Å². The molecule has 0 saturated carbocycles. The van der Waals surface area contributed by atoms with Crippen LogP contribution >= 0.6 is 11.3 Å². The Kier molecular flexibility index (Phi) is 3.90. The van der Waals surface area contributed by atoms with Gasteiger partial charge in [0.25, 0.3) is 0 Å². The quantitative estimate of drug-likeness (QED) is 0.829. The van der Waals surface area contributed by atoms with Gasteiger partial charge in [-0.25, -0.2) is 4.98 Å². The molecule has 1 fully saturated rings. The molecule has 0 bridgehead atoms. The molecular weight excluding hydrogens is 222 g/mol. The first-order valence-electron chi connectivity index (χ1n) is 5.65. The van der Waals surface area contributed by atoms with E-state index in [4.69, 9.17) is 0 Å². The minimum atomic E-state index is 0.134. The molecule has 5 heteroatoms. The molecule has 0 aliphatic carbocycles. The summed E-state index contributed by atoms with van der Waals surface area (Å²) in [6, 6.07) is 0. The van der Waals surface area contributed by atoms with Gasteiger partial charge >= 0.3 is 0 Å². The molecule has 0 unspecified atom stereocenters. The number of aryl methyl sites for hydroxylation is 1. The number of piperidine rings is 1. The fraction of sp³-hybridized carbons (Fsp3) is 0.636. The smallest absolute Gasteiger partial charge is 0.224 e. The van der Waals surface area contributed by atoms with Crippen molar-refractivity contribution in [3.05, 3.63) is 16.1 Å². The molecule has 1 amide bonds. The maximum Gasteiger partial charge on any atom is 0.224 e. The average molecular weight is 239 g/mol. The largest absolute Gasteiger partial charge is 0.349 e. The zero-order valence-corrected chi connectivity index (χ0v) is 10.3. The lowest BCUT2D eigenvalue weighted by Gasteiger charge is -2.21. The van der Waals surface area contributed by atoms with E-state index in [1.165, 1.54) is 0 Å². The lowest BCUT2D eigenvalue weighted by Crippen LogP contribution is -2.40. The molecule has 0 spiro atoms. The molecule has 1 aromatic heterocycles. The molecule has 16 heavy (non-hydrogen) atoms. The van der Waals surface area contributed by atoms with Crippen LogP contribution in [0.25, 0.3) is 0 Å². The first kappa shape index (κ1) is 11.5. The second-order valence-electron chi connectivity index (χ2n) is 4.14. The number of amides is 1. The third-order valence-corrected chi connectivity index (χ3v) is 3.71. The molecule has 2 rings (SSSR count). The Labute approximate surface area is 99.5 Å². The molecule has 0 aromatic carbocycles. The van der Waals surface area contributed by atoms with E-state index in [-0.39, 0.29) is 11.8 Å². The first-order valence-corrected chi connectivity index (χ1v) is 6.53. The minimum absolute atomic E-state index is 0.134. The summed E-state index contributed by atoms with van der Waals surface area (Å²) in [5.41, 5.74) is 1.02. The first-order chi connectivity index (χ1) is 7.75. The number of thiazole rings is 1. The summed E-state index contributed by atoms with van der Waals surface area (Å²) < 4.78 is 0. The molecule has 1 saturated heterocycles. The highest BCUT2D eigenvalue weighted by atomic mass is 32.1. The topological polar surface area (TPSA) is 54.0 Å². The normalized spacial score (nSPS) is 20.7. The molecule has 4 nitrogen and oxygen atoms in total. The fourth-order valence-electron chi connectivity index (χ4n) is 1.87. The highest BCUT2D eigenvalue weighted by Gasteiger charge is 2.20. The number of hydrogen-bond donors (Lipinski definition) is 2. The van der Waals surface area contributed by atoms with E-state index in [1.54, 1.807) is 11.3 Å². The van der Waals surface area contributed by atoms with Crippen molar-refractivity contribution in [2.75, 3.05) is 13.1 Å². The summed E-state index contributed by atoms with van der Waals surface area (Å²) in [5, 5.41) is 9.18. The van der Waals surface area contributed by atoms with Crippen LogP contribution in [0, 0.1) is 12.8 Å². The summed E-state index contributed by atoms with van der Waals surface area (Å²) in [6.45, 7) is 4.37. The Morgan fingerprint density at radius 2 is 2.62 bits per heavy atom. The van der Waals surface area contributed by atoms with Crippen LogP contribution in [0.5, 0.6) is 0 Å². The number of carbonyl (C=O) groups is 1. The molecule has 88 valence electrons. The van der Waals surface area contributed by atoms with Crippen LogP contribution in [0.4, 0.5) is 0 Å². The van der Waals surface area contributed by atoms with Crippen molar-refractivity contribution in [2.45, 2.75) is 26.3 Å². The third-order valence-electron chi connectivity index (χ3n) is 2.75. The van der Waals surface area contributed by atoms with Crippen LogP contribution in [0.3, 0.4) is 0 Å². The molecule has 1 atom stereocenters. The SMILES string of the molecule is Cc1csc(CNC(=O)[C@@H]2CCCNC2)n1. The lowest BCUT2D eigenvalue weighted by atomic mass is 9.99. The Morgan fingerprint density at radius 1 is 1.75 bits per heavy atom. The molecule has 2 N–H and O–H groups in total. The second kappa shape index (κ2) is 5.41. The standard InChI is InChI=1S/C11H17N3OS/c1-8-7-16-10(14-8)6-13-11(15)9-3-2-4-12-5-9/h7,9,12H,2-6H2,1H3,(H,13,15)/t9-/m1/s1. The van der Waals surface area contributed by atoms with E-state index >= 15 is 0 Å². The minimum Gasteiger partial charge on any atom is -0.349 e. The zero-order chi connectivity index (χ0) is 11.4. The number of nitrogens with zero attached hydrogens (tertiary/aromatic N) is 1. The van der Waals surface area contributed by atoms with E-state index in [0.717, 1.165) is 36.6 Å². The van der Waals surface area contributed by atoms with Crippen molar-refractivity contribution in [3.8, 4) is 0 Å². The summed E-state index contributed by atoms with van der Waals surface area (Å²) in [6.07, 6.45) is 2.09. The molecule has 2 heterocycles. The van der Waals surface area contributed by atoms with Crippen LogP contribution in [-0.4, -0.2) is 24.0 Å². The fourth-order valence-corrected chi connectivity index (χ4v) is 2.58. The van der Waals surface area contributed by atoms with Crippen LogP contribution in [0.15, 0.2) is 5.38 Å². The highest BCUT2D eigenvalue weighted by Crippen LogP contribution is 2.11. The van der Waals surface area contributed by atoms with Crippen LogP contribution in [-0.2, 0) is 11.3 Å². The van der Waals surface area contributed by atoms with Crippen molar-refractivity contribution in [2.24, 2.45) is 5.92 Å². The van der Waals surface area contributed by atoms with Crippen molar-refractivity contribution in [3.63, 3.8) is 0 Å². The Bertz CT molecular complexity index is 358. The summed E-state index contributed by atoms with van der Waals surface area (Å²) >= 11 is 1.60. The van der Waals surface area contributed by atoms with E-state index < -0.39 is 0 Å². The van der Waals surface area contributed by atoms with Gasteiger partial charge in [0.2, 0.25) is 5.91 Å². The third kappa shape index (κ3) is 3.02. The van der Waals surface area contributed by atoms with Gasteiger partial charge in [-0.1, -0.05) is 0 Å². The van der Waals surface area contributed by atoms with E-state index in [2.05, 4.69) is 15.6 Å². The number of aromatic nitrogens is 1. The zero-order valence-electron chi connectivity index (χ0n) is 9.45. The van der Waals surface area contributed by atoms with E-state index in [1.807, 2.05) is 12.3 Å². The van der Waals surface area contributed by atoms with Gasteiger partial charge in [0.05, 0.1) is 12.5 Å². The van der Waals surface area contributed by atoms with Crippen molar-refractivity contribution < 1.29 is 4.79 Å². The maximum atomic E-state index is 11.8. The molecule has 1 aromatic rings. The molecule has 1 aliphatic heterocycles. The van der Waals surface area contributed by atoms with E-state index in [9.17, 15) is 4.79 Å². The van der Waals surface area contributed by atoms with Gasteiger partial charge in [0.15, 0.2) is 0 Å². The second-order valence-corrected chi connectivity index (χ2v) is 5.09. The van der Waals surface area contributed by atoms with Crippen LogP contribution in [0.2, 0.25) is 0 Å². The van der Waals surface area contributed by atoms with Crippen molar-refractivity contribution in [1.29, 1.82) is 0 Å². The molecular formula is C11H17N3OS. The summed E-state index contributed by atoms with van der Waals surface area (Å²) in [4.78, 5) is 16.1. The van der Waals surface area contributed by atoms with Crippen molar-refractivity contribution in [1.82, 2.24) is 15.6 Å². The predicted molar refractivity (Wildman–Crippen MR) is 64.3 cm³/mol. The van der Waals surface area contributed by atoms with Gasteiger partial charge in [-0.15, -0.1) is 11.3 Å². The Hall–Kier alpha value is -0.940. The molecule has 1 aliphatic rings. The van der Waals surface area contributed by atoms with Crippen LogP contribution < -0.4 is 10.6 Å². The summed E-state index contributed by atoms with van der Waals surface area (Å²) in [5.74, 6) is 0.287. The lowest BCUT2D eigenvalue weighted by molar-refractivity contribution is -0.125. The monoisotopic (exact) mass is 239 g/mol. The summed E-state index contributed by atoms with van der Waals surface area (Å²) in [7, 11) is 0. The van der Waals surface area contributed by atoms with Gasteiger partial charge in [-0.3, -0.25) is 4.79 Å². The average Bonchev–Trinajstić information content (AvgIpc) is 2.73. The number of hydrogen-bond acceptors (Lipinski definition) is 4. The highest BCUT2D eigenvalue weighted by molar-refractivity contribution is 7.09. The van der Waals surface area contributed by atoms with Crippen LogP contribution in [0.1, 0.15) is 23.5 Å². The predicted octanol–water partition coefficient (Wildman–Crippen LogP) is 1.07. The van der Waals surface area contributed by atoms with E-state index in [0.29, 0.717) is 6.54 Å². The Morgan fingerprint density at radius 3 is 3.25 bits per heavy atom. The maximum absolute atomic E-state index is 11.8. The van der Waals surface area contributed by atoms with Gasteiger partial charge in [0, 0.05) is 17.6 Å². The number of nitrogens with one attached hydrogen (secondary N) is 2. The number of rotatable bonds is 3. The van der Waals surface area contributed by atoms with Gasteiger partial charge < -0.3 is 10.6 Å². The molecule has 0 radical (unpaired) electrons. The Balaban J connectivity index is 1.78.